The summed E-state index contributed by atoms with van der Waals surface area (Å²) in [6.07, 6.45) is 0. The Hall–Kier alpha value is -5.00. The van der Waals surface area contributed by atoms with E-state index >= 15 is 0 Å². The van der Waals surface area contributed by atoms with Crippen LogP contribution in [0.15, 0.2) is 120 Å². The Morgan fingerprint density at radius 3 is 2.33 bits per heavy atom. The van der Waals surface area contributed by atoms with Crippen LogP contribution < -0.4 is 0 Å². The molecule has 9 rings (SSSR count). The molecule has 0 saturated heterocycles. The van der Waals surface area contributed by atoms with Crippen LogP contribution in [0.4, 0.5) is 0 Å². The van der Waals surface area contributed by atoms with Crippen molar-refractivity contribution in [2.24, 2.45) is 0 Å². The van der Waals surface area contributed by atoms with Gasteiger partial charge in [0.15, 0.2) is 4.96 Å². The smallest absolute Gasteiger partial charge is 0.195 e. The number of hydrogen-bond acceptors (Lipinski definition) is 4. The molecule has 4 aromatic heterocycles. The van der Waals surface area contributed by atoms with Gasteiger partial charge in [0.2, 0.25) is 0 Å². The van der Waals surface area contributed by atoms with Gasteiger partial charge in [0, 0.05) is 21.7 Å². The van der Waals surface area contributed by atoms with Crippen LogP contribution in [0.3, 0.4) is 0 Å². The van der Waals surface area contributed by atoms with Gasteiger partial charge >= 0.3 is 0 Å². The van der Waals surface area contributed by atoms with Crippen molar-refractivity contribution in [3.05, 3.63) is 115 Å². The lowest BCUT2D eigenvalue weighted by Gasteiger charge is -2.09. The number of para-hydroxylation sites is 3. The number of fused-ring (bicyclic) bond motifs is 10. The van der Waals surface area contributed by atoms with E-state index in [9.17, 15) is 0 Å². The number of furan rings is 1. The van der Waals surface area contributed by atoms with E-state index in [1.807, 2.05) is 18.2 Å². The Bertz CT molecular complexity index is 2400. The number of pyridine rings is 1. The summed E-state index contributed by atoms with van der Waals surface area (Å²) >= 11 is 1.72. The van der Waals surface area contributed by atoms with Crippen LogP contribution in [-0.4, -0.2) is 14.4 Å². The predicted octanol–water partition coefficient (Wildman–Crippen LogP) is 9.48. The highest BCUT2D eigenvalue weighted by molar-refractivity contribution is 7.23. The first-order chi connectivity index (χ1) is 19.3. The first-order valence-electron chi connectivity index (χ1n) is 12.9. The van der Waals surface area contributed by atoms with Gasteiger partial charge in [0.1, 0.15) is 22.2 Å². The van der Waals surface area contributed by atoms with Crippen LogP contribution in [0.25, 0.3) is 81.4 Å². The van der Waals surface area contributed by atoms with Gasteiger partial charge in [-0.3, -0.25) is 4.40 Å². The maximum atomic E-state index is 6.18. The van der Waals surface area contributed by atoms with Crippen molar-refractivity contribution < 1.29 is 4.42 Å². The Kier molecular flexibility index (Phi) is 4.18. The Labute approximate surface area is 226 Å². The van der Waals surface area contributed by atoms with Gasteiger partial charge < -0.3 is 4.42 Å². The summed E-state index contributed by atoms with van der Waals surface area (Å²) in [5.41, 5.74) is 10.2. The number of imidazole rings is 1. The van der Waals surface area contributed by atoms with E-state index in [0.717, 1.165) is 76.7 Å². The predicted molar refractivity (Wildman–Crippen MR) is 162 cm³/mol. The average Bonchev–Trinajstić information content (AvgIpc) is 3.66. The molecule has 0 aliphatic heterocycles. The third kappa shape index (κ3) is 2.99. The number of thiazole rings is 1. The van der Waals surface area contributed by atoms with E-state index in [0.29, 0.717) is 0 Å². The van der Waals surface area contributed by atoms with E-state index in [4.69, 9.17) is 14.4 Å². The monoisotopic (exact) mass is 517 g/mol. The zero-order valence-electron chi connectivity index (χ0n) is 20.6. The SMILES string of the molecule is c1cc(-c2ccc3c(c2)oc2ccccc23)cc(-c2nc3ccccc3c3nc4sc5ccccc5n4c23)c1. The molecule has 0 amide bonds. The highest BCUT2D eigenvalue weighted by Gasteiger charge is 2.20. The Morgan fingerprint density at radius 1 is 0.590 bits per heavy atom. The van der Waals surface area contributed by atoms with Gasteiger partial charge in [-0.05, 0) is 53.6 Å². The van der Waals surface area contributed by atoms with Crippen LogP contribution in [-0.2, 0) is 0 Å². The second kappa shape index (κ2) is 7.76. The highest BCUT2D eigenvalue weighted by atomic mass is 32.1. The maximum absolute atomic E-state index is 6.18. The molecular weight excluding hydrogens is 498 g/mol. The van der Waals surface area contributed by atoms with Crippen molar-refractivity contribution in [3.8, 4) is 22.4 Å². The minimum absolute atomic E-state index is 0.896. The molecule has 0 N–H and O–H groups in total. The van der Waals surface area contributed by atoms with Crippen molar-refractivity contribution in [1.29, 1.82) is 0 Å². The van der Waals surface area contributed by atoms with E-state index < -0.39 is 0 Å². The average molecular weight is 518 g/mol. The van der Waals surface area contributed by atoms with Crippen LogP contribution >= 0.6 is 11.3 Å². The number of hydrogen-bond donors (Lipinski definition) is 0. The quantitative estimate of drug-likeness (QED) is 0.229. The van der Waals surface area contributed by atoms with Crippen molar-refractivity contribution >= 4 is 70.4 Å². The third-order valence-corrected chi connectivity index (χ3v) is 8.64. The fourth-order valence-corrected chi connectivity index (χ4v) is 6.85. The summed E-state index contributed by atoms with van der Waals surface area (Å²) in [6.45, 7) is 0. The zero-order valence-corrected chi connectivity index (χ0v) is 21.4. The molecule has 9 aromatic rings. The summed E-state index contributed by atoms with van der Waals surface area (Å²) in [5.74, 6) is 0. The van der Waals surface area contributed by atoms with Gasteiger partial charge in [-0.2, -0.15) is 0 Å². The van der Waals surface area contributed by atoms with Crippen molar-refractivity contribution in [3.63, 3.8) is 0 Å². The highest BCUT2D eigenvalue weighted by Crippen LogP contribution is 2.39. The molecule has 39 heavy (non-hydrogen) atoms. The molecule has 0 spiro atoms. The molecule has 0 unspecified atom stereocenters. The maximum Gasteiger partial charge on any atom is 0.195 e. The van der Waals surface area contributed by atoms with Gasteiger partial charge in [0.05, 0.1) is 21.4 Å². The summed E-state index contributed by atoms with van der Waals surface area (Å²) in [5, 5.41) is 3.35. The van der Waals surface area contributed by atoms with Gasteiger partial charge in [0.25, 0.3) is 0 Å². The van der Waals surface area contributed by atoms with Crippen molar-refractivity contribution in [2.75, 3.05) is 0 Å². The molecule has 0 fully saturated rings. The lowest BCUT2D eigenvalue weighted by Crippen LogP contribution is -1.92. The fraction of sp³-hybridized carbons (Fsp3) is 0. The van der Waals surface area contributed by atoms with E-state index in [1.165, 1.54) is 4.70 Å². The second-order valence-corrected chi connectivity index (χ2v) is 10.9. The molecule has 5 heteroatoms. The number of aromatic nitrogens is 3. The normalized spacial score (nSPS) is 12.1. The lowest BCUT2D eigenvalue weighted by atomic mass is 9.99. The molecule has 0 aliphatic carbocycles. The number of rotatable bonds is 2. The molecule has 4 nitrogen and oxygen atoms in total. The van der Waals surface area contributed by atoms with Crippen LogP contribution in [0.2, 0.25) is 0 Å². The number of benzene rings is 5. The standard InChI is InChI=1S/C34H19N3OS/c1-3-12-26-25(11-1)32-33(37-27-13-4-6-15-30(27)39-34(37)36-32)31(35-26)22-9-7-8-20(18-22)21-16-17-24-23-10-2-5-14-28(23)38-29(24)19-21/h1-19H. The largest absolute Gasteiger partial charge is 0.456 e. The van der Waals surface area contributed by atoms with E-state index in [2.05, 4.69) is 101 Å². The first kappa shape index (κ1) is 21.0. The third-order valence-electron chi connectivity index (χ3n) is 7.62. The zero-order chi connectivity index (χ0) is 25.5. The summed E-state index contributed by atoms with van der Waals surface area (Å²) in [4.78, 5) is 11.3. The summed E-state index contributed by atoms with van der Waals surface area (Å²) in [6, 6.07) is 40.1. The first-order valence-corrected chi connectivity index (χ1v) is 13.7. The van der Waals surface area contributed by atoms with Gasteiger partial charge in [-0.25, -0.2) is 9.97 Å². The number of nitrogens with zero attached hydrogens (tertiary/aromatic N) is 3. The topological polar surface area (TPSA) is 43.3 Å². The summed E-state index contributed by atoms with van der Waals surface area (Å²) in [7, 11) is 0. The molecule has 0 atom stereocenters. The molecule has 4 heterocycles. The molecule has 0 saturated carbocycles. The van der Waals surface area contributed by atoms with Crippen molar-refractivity contribution in [1.82, 2.24) is 14.4 Å². The molecule has 0 bridgehead atoms. The Balaban J connectivity index is 1.31. The minimum atomic E-state index is 0.896. The van der Waals surface area contributed by atoms with Gasteiger partial charge in [-0.15, -0.1) is 0 Å². The molecule has 0 aliphatic rings. The lowest BCUT2D eigenvalue weighted by molar-refractivity contribution is 0.669. The van der Waals surface area contributed by atoms with Crippen LogP contribution in [0, 0.1) is 0 Å². The fourth-order valence-electron chi connectivity index (χ4n) is 5.82. The molecule has 0 radical (unpaired) electrons. The van der Waals surface area contributed by atoms with Crippen LogP contribution in [0.5, 0.6) is 0 Å². The van der Waals surface area contributed by atoms with E-state index in [1.54, 1.807) is 11.3 Å². The molecule has 182 valence electrons. The van der Waals surface area contributed by atoms with E-state index in [-0.39, 0.29) is 0 Å². The summed E-state index contributed by atoms with van der Waals surface area (Å²) < 4.78 is 9.67. The van der Waals surface area contributed by atoms with Crippen LogP contribution in [0.1, 0.15) is 0 Å². The molecule has 5 aromatic carbocycles. The Morgan fingerprint density at radius 2 is 1.36 bits per heavy atom. The van der Waals surface area contributed by atoms with Gasteiger partial charge in [-0.1, -0.05) is 84.1 Å². The molecular formula is C34H19N3OS. The minimum Gasteiger partial charge on any atom is -0.456 e. The van der Waals surface area contributed by atoms with Crippen molar-refractivity contribution in [2.45, 2.75) is 0 Å². The second-order valence-electron chi connectivity index (χ2n) is 9.86.